The Bertz CT molecular complexity index is 671. The topological polar surface area (TPSA) is 45.3 Å². The van der Waals surface area contributed by atoms with E-state index < -0.39 is 0 Å². The van der Waals surface area contributed by atoms with Crippen LogP contribution in [-0.2, 0) is 11.2 Å². The lowest BCUT2D eigenvalue weighted by Crippen LogP contribution is -2.23. The number of fused-ring (bicyclic) bond motifs is 1. The number of aromatic amines is 1. The Kier molecular flexibility index (Phi) is 4.21. The number of rotatable bonds is 6. The summed E-state index contributed by atoms with van der Waals surface area (Å²) < 4.78 is 5.50. The Balaban J connectivity index is 1.77. The molecular weight excluding hydrogens is 276 g/mol. The lowest BCUT2D eigenvalue weighted by molar-refractivity contribution is -0.137. The SMILES string of the molecule is CC(C)C(=O)Oc1cccc2c(CCN(C)C3CC3)c[nH]c12. The molecule has 1 heterocycles. The minimum atomic E-state index is -0.197. The van der Waals surface area contributed by atoms with Gasteiger partial charge in [0.1, 0.15) is 0 Å². The monoisotopic (exact) mass is 300 g/mol. The average Bonchev–Trinajstić information content (AvgIpc) is 3.26. The summed E-state index contributed by atoms with van der Waals surface area (Å²) in [6.07, 6.45) is 5.71. The standard InChI is InChI=1S/C18H24N2O2/c1-12(2)18(21)22-16-6-4-5-15-13(11-19-17(15)16)9-10-20(3)14-7-8-14/h4-6,11-12,14,19H,7-10H2,1-3H3. The van der Waals surface area contributed by atoms with E-state index in [0.717, 1.165) is 29.9 Å². The molecule has 1 saturated carbocycles. The molecule has 1 fully saturated rings. The number of carbonyl (C=O) groups excluding carboxylic acids is 1. The quantitative estimate of drug-likeness (QED) is 0.657. The number of esters is 1. The molecule has 118 valence electrons. The summed E-state index contributed by atoms with van der Waals surface area (Å²) in [5, 5.41) is 1.15. The summed E-state index contributed by atoms with van der Waals surface area (Å²) in [6.45, 7) is 4.75. The van der Waals surface area contributed by atoms with E-state index in [1.54, 1.807) is 0 Å². The molecule has 0 amide bonds. The molecule has 2 aromatic rings. The van der Waals surface area contributed by atoms with Crippen molar-refractivity contribution in [1.82, 2.24) is 9.88 Å². The number of carbonyl (C=O) groups is 1. The predicted molar refractivity (Wildman–Crippen MR) is 88.1 cm³/mol. The summed E-state index contributed by atoms with van der Waals surface area (Å²) in [4.78, 5) is 17.5. The van der Waals surface area contributed by atoms with Gasteiger partial charge in [-0.3, -0.25) is 4.79 Å². The molecule has 1 aliphatic carbocycles. The molecule has 0 aliphatic heterocycles. The molecule has 0 saturated heterocycles. The smallest absolute Gasteiger partial charge is 0.313 e. The first kappa shape index (κ1) is 15.1. The molecule has 1 aromatic heterocycles. The first-order valence-corrected chi connectivity index (χ1v) is 8.07. The van der Waals surface area contributed by atoms with Gasteiger partial charge in [0.05, 0.1) is 11.4 Å². The first-order valence-electron chi connectivity index (χ1n) is 8.07. The van der Waals surface area contributed by atoms with Crippen LogP contribution in [0.3, 0.4) is 0 Å². The zero-order chi connectivity index (χ0) is 15.7. The highest BCUT2D eigenvalue weighted by Gasteiger charge is 2.25. The van der Waals surface area contributed by atoms with E-state index >= 15 is 0 Å². The van der Waals surface area contributed by atoms with Gasteiger partial charge in [0.25, 0.3) is 0 Å². The van der Waals surface area contributed by atoms with Crippen molar-refractivity contribution in [1.29, 1.82) is 0 Å². The summed E-state index contributed by atoms with van der Waals surface area (Å²) >= 11 is 0. The average molecular weight is 300 g/mol. The van der Waals surface area contributed by atoms with Gasteiger partial charge in [-0.05, 0) is 37.9 Å². The minimum absolute atomic E-state index is 0.128. The molecule has 0 atom stereocenters. The van der Waals surface area contributed by atoms with Gasteiger partial charge in [-0.15, -0.1) is 0 Å². The van der Waals surface area contributed by atoms with Crippen molar-refractivity contribution in [3.8, 4) is 5.75 Å². The fraction of sp³-hybridized carbons (Fsp3) is 0.500. The van der Waals surface area contributed by atoms with Crippen molar-refractivity contribution in [2.45, 2.75) is 39.2 Å². The molecule has 4 nitrogen and oxygen atoms in total. The van der Waals surface area contributed by atoms with Gasteiger partial charge in [0.2, 0.25) is 0 Å². The van der Waals surface area contributed by atoms with E-state index in [9.17, 15) is 4.79 Å². The summed E-state index contributed by atoms with van der Waals surface area (Å²) in [5.41, 5.74) is 2.20. The molecule has 0 bridgehead atoms. The van der Waals surface area contributed by atoms with Gasteiger partial charge >= 0.3 is 5.97 Å². The van der Waals surface area contributed by atoms with E-state index in [1.807, 2.05) is 32.2 Å². The Hall–Kier alpha value is -1.81. The van der Waals surface area contributed by atoms with Crippen molar-refractivity contribution in [3.05, 3.63) is 30.0 Å². The lowest BCUT2D eigenvalue weighted by atomic mass is 10.1. The molecule has 3 rings (SSSR count). The van der Waals surface area contributed by atoms with Crippen molar-refractivity contribution < 1.29 is 9.53 Å². The molecule has 0 radical (unpaired) electrons. The minimum Gasteiger partial charge on any atom is -0.424 e. The maximum atomic E-state index is 11.8. The number of benzene rings is 1. The second-order valence-corrected chi connectivity index (χ2v) is 6.53. The van der Waals surface area contributed by atoms with Gasteiger partial charge < -0.3 is 14.6 Å². The molecule has 0 spiro atoms. The number of hydrogen-bond donors (Lipinski definition) is 1. The van der Waals surface area contributed by atoms with Gasteiger partial charge in [0, 0.05) is 24.2 Å². The molecular formula is C18H24N2O2. The fourth-order valence-electron chi connectivity index (χ4n) is 2.70. The van der Waals surface area contributed by atoms with Crippen LogP contribution in [0.15, 0.2) is 24.4 Å². The van der Waals surface area contributed by atoms with E-state index in [2.05, 4.69) is 23.0 Å². The maximum absolute atomic E-state index is 11.8. The molecule has 22 heavy (non-hydrogen) atoms. The number of hydrogen-bond acceptors (Lipinski definition) is 3. The third kappa shape index (κ3) is 3.17. The van der Waals surface area contributed by atoms with Gasteiger partial charge in [-0.2, -0.15) is 0 Å². The van der Waals surface area contributed by atoms with E-state index in [1.165, 1.54) is 18.4 Å². The Morgan fingerprint density at radius 3 is 2.86 bits per heavy atom. The van der Waals surface area contributed by atoms with Crippen LogP contribution in [0, 0.1) is 5.92 Å². The van der Waals surface area contributed by atoms with Gasteiger partial charge in [-0.1, -0.05) is 26.0 Å². The van der Waals surface area contributed by atoms with Crippen molar-refractivity contribution in [2.24, 2.45) is 5.92 Å². The van der Waals surface area contributed by atoms with Crippen molar-refractivity contribution in [3.63, 3.8) is 0 Å². The van der Waals surface area contributed by atoms with Gasteiger partial charge in [0.15, 0.2) is 5.75 Å². The highest BCUT2D eigenvalue weighted by molar-refractivity contribution is 5.90. The fourth-order valence-corrected chi connectivity index (χ4v) is 2.70. The highest BCUT2D eigenvalue weighted by atomic mass is 16.5. The van der Waals surface area contributed by atoms with Crippen LogP contribution in [-0.4, -0.2) is 35.5 Å². The second-order valence-electron chi connectivity index (χ2n) is 6.53. The first-order chi connectivity index (χ1) is 10.6. The van der Waals surface area contributed by atoms with Crippen LogP contribution >= 0.6 is 0 Å². The van der Waals surface area contributed by atoms with Crippen LogP contribution in [0.4, 0.5) is 0 Å². The van der Waals surface area contributed by atoms with Crippen LogP contribution in [0.25, 0.3) is 10.9 Å². The second kappa shape index (κ2) is 6.13. The number of para-hydroxylation sites is 1. The summed E-state index contributed by atoms with van der Waals surface area (Å²) in [7, 11) is 2.20. The summed E-state index contributed by atoms with van der Waals surface area (Å²) in [5.74, 6) is 0.298. The van der Waals surface area contributed by atoms with E-state index in [4.69, 9.17) is 4.74 Å². The number of likely N-dealkylation sites (N-methyl/N-ethyl adjacent to an activating group) is 1. The number of nitrogens with one attached hydrogen (secondary N) is 1. The van der Waals surface area contributed by atoms with E-state index in [-0.39, 0.29) is 11.9 Å². The predicted octanol–water partition coefficient (Wildman–Crippen LogP) is 3.37. The Morgan fingerprint density at radius 2 is 2.18 bits per heavy atom. The zero-order valence-electron chi connectivity index (χ0n) is 13.6. The van der Waals surface area contributed by atoms with Crippen LogP contribution in [0.2, 0.25) is 0 Å². The number of H-pyrrole nitrogens is 1. The number of nitrogens with zero attached hydrogens (tertiary/aromatic N) is 1. The molecule has 1 N–H and O–H groups in total. The Labute approximate surface area is 131 Å². The highest BCUT2D eigenvalue weighted by Crippen LogP contribution is 2.29. The number of aromatic nitrogens is 1. The molecule has 1 aliphatic rings. The van der Waals surface area contributed by atoms with Crippen LogP contribution in [0.1, 0.15) is 32.3 Å². The normalized spacial score (nSPS) is 15.0. The Morgan fingerprint density at radius 1 is 1.41 bits per heavy atom. The number of ether oxygens (including phenoxy) is 1. The summed E-state index contributed by atoms with van der Waals surface area (Å²) in [6, 6.07) is 6.67. The largest absolute Gasteiger partial charge is 0.424 e. The third-order valence-electron chi connectivity index (χ3n) is 4.35. The lowest BCUT2D eigenvalue weighted by Gasteiger charge is -2.14. The molecule has 0 unspecified atom stereocenters. The van der Waals surface area contributed by atoms with E-state index in [0.29, 0.717) is 5.75 Å². The van der Waals surface area contributed by atoms with Crippen LogP contribution < -0.4 is 4.74 Å². The van der Waals surface area contributed by atoms with Gasteiger partial charge in [-0.25, -0.2) is 0 Å². The van der Waals surface area contributed by atoms with Crippen molar-refractivity contribution >= 4 is 16.9 Å². The molecule has 4 heteroatoms. The van der Waals surface area contributed by atoms with Crippen molar-refractivity contribution in [2.75, 3.05) is 13.6 Å². The third-order valence-corrected chi connectivity index (χ3v) is 4.35. The van der Waals surface area contributed by atoms with Crippen LogP contribution in [0.5, 0.6) is 5.75 Å². The zero-order valence-corrected chi connectivity index (χ0v) is 13.6. The molecule has 1 aromatic carbocycles. The maximum Gasteiger partial charge on any atom is 0.313 e.